The van der Waals surface area contributed by atoms with E-state index in [9.17, 15) is 5.11 Å². The van der Waals surface area contributed by atoms with Crippen LogP contribution in [0, 0.1) is 5.92 Å². The first-order chi connectivity index (χ1) is 8.84. The van der Waals surface area contributed by atoms with Crippen LogP contribution in [-0.4, -0.2) is 19.1 Å². The number of aliphatic hydroxyl groups excluding tert-OH is 1. The molecule has 0 bridgehead atoms. The van der Waals surface area contributed by atoms with E-state index in [1.807, 2.05) is 17.5 Å². The monoisotopic (exact) mass is 279 g/mol. The van der Waals surface area contributed by atoms with Gasteiger partial charge in [0, 0.05) is 10.8 Å². The van der Waals surface area contributed by atoms with Crippen molar-refractivity contribution in [2.75, 3.05) is 0 Å². The van der Waals surface area contributed by atoms with Crippen LogP contribution >= 0.6 is 22.4 Å². The van der Waals surface area contributed by atoms with Gasteiger partial charge >= 0.3 is 0 Å². The Labute approximate surface area is 111 Å². The van der Waals surface area contributed by atoms with Gasteiger partial charge in [0.2, 0.25) is 0 Å². The standard InChI is InChI=1S/C12H13N3OS2/c16-12(9-2-1-5-17-9)18-11(8-3-4-8)14-10-6-13-7-15(10)18/h1-2,5-8,12,16,18H,3-4H2. The second-order valence-corrected chi connectivity index (χ2v) is 7.62. The molecule has 0 radical (unpaired) electrons. The Morgan fingerprint density at radius 2 is 2.39 bits per heavy atom. The lowest BCUT2D eigenvalue weighted by Gasteiger charge is -2.25. The second-order valence-electron chi connectivity index (χ2n) is 4.57. The number of aliphatic hydroxyl groups is 1. The molecular weight excluding hydrogens is 266 g/mol. The van der Waals surface area contributed by atoms with Gasteiger partial charge in [-0.15, -0.1) is 11.3 Å². The average Bonchev–Trinajstić information content (AvgIpc) is 2.84. The first-order valence-electron chi connectivity index (χ1n) is 5.96. The smallest absolute Gasteiger partial charge is 0.162 e. The fourth-order valence-corrected chi connectivity index (χ4v) is 5.66. The maximum absolute atomic E-state index is 10.6. The van der Waals surface area contributed by atoms with Gasteiger partial charge in [0.25, 0.3) is 0 Å². The van der Waals surface area contributed by atoms with Crippen LogP contribution in [0.5, 0.6) is 0 Å². The Hall–Kier alpha value is -1.11. The van der Waals surface area contributed by atoms with E-state index in [1.54, 1.807) is 23.9 Å². The van der Waals surface area contributed by atoms with Gasteiger partial charge < -0.3 is 5.11 Å². The Bertz CT molecular complexity index is 601. The van der Waals surface area contributed by atoms with Crippen molar-refractivity contribution < 1.29 is 5.11 Å². The summed E-state index contributed by atoms with van der Waals surface area (Å²) in [5, 5.41) is 13.8. The molecule has 2 aromatic heterocycles. The van der Waals surface area contributed by atoms with Crippen LogP contribution in [0.1, 0.15) is 23.2 Å². The van der Waals surface area contributed by atoms with Gasteiger partial charge in [-0.2, -0.15) is 0 Å². The highest BCUT2D eigenvalue weighted by Gasteiger charge is 2.39. The summed E-state index contributed by atoms with van der Waals surface area (Å²) in [7, 11) is 0. The Morgan fingerprint density at radius 1 is 1.50 bits per heavy atom. The fourth-order valence-electron chi connectivity index (χ4n) is 2.23. The molecule has 6 heteroatoms. The first kappa shape index (κ1) is 10.8. The summed E-state index contributed by atoms with van der Waals surface area (Å²) in [4.78, 5) is 9.84. The second kappa shape index (κ2) is 3.94. The van der Waals surface area contributed by atoms with E-state index in [0.29, 0.717) is 5.92 Å². The molecule has 3 heterocycles. The zero-order valence-corrected chi connectivity index (χ0v) is 11.3. The third kappa shape index (κ3) is 1.56. The molecule has 2 aromatic rings. The molecular formula is C12H13N3OS2. The number of fused-ring (bicyclic) bond motifs is 1. The third-order valence-corrected chi connectivity index (χ3v) is 6.82. The molecule has 0 amide bonds. The Kier molecular flexibility index (Phi) is 2.36. The van der Waals surface area contributed by atoms with Crippen molar-refractivity contribution in [1.29, 1.82) is 0 Å². The van der Waals surface area contributed by atoms with E-state index in [4.69, 9.17) is 0 Å². The molecule has 1 aliphatic heterocycles. The van der Waals surface area contributed by atoms with Crippen molar-refractivity contribution in [3.63, 3.8) is 0 Å². The highest BCUT2D eigenvalue weighted by Crippen LogP contribution is 2.56. The molecule has 1 saturated carbocycles. The van der Waals surface area contributed by atoms with Crippen LogP contribution in [0.3, 0.4) is 0 Å². The lowest BCUT2D eigenvalue weighted by atomic mass is 10.5. The molecule has 1 fully saturated rings. The van der Waals surface area contributed by atoms with Gasteiger partial charge in [-0.25, -0.2) is 9.98 Å². The highest BCUT2D eigenvalue weighted by molar-refractivity contribution is 8.29. The van der Waals surface area contributed by atoms with E-state index in [-0.39, 0.29) is 0 Å². The summed E-state index contributed by atoms with van der Waals surface area (Å²) in [6.45, 7) is 0. The molecule has 0 aromatic carbocycles. The summed E-state index contributed by atoms with van der Waals surface area (Å²) >= 11 is 0.801. The summed E-state index contributed by atoms with van der Waals surface area (Å²) < 4.78 is 2.06. The molecule has 94 valence electrons. The lowest BCUT2D eigenvalue weighted by Crippen LogP contribution is -2.10. The predicted octanol–water partition coefficient (Wildman–Crippen LogP) is 2.85. The number of aliphatic imine (C=N–C) groups is 1. The Morgan fingerprint density at radius 3 is 3.11 bits per heavy atom. The van der Waals surface area contributed by atoms with Crippen LogP contribution in [0.2, 0.25) is 0 Å². The van der Waals surface area contributed by atoms with Gasteiger partial charge in [0.1, 0.15) is 11.8 Å². The molecule has 18 heavy (non-hydrogen) atoms. The van der Waals surface area contributed by atoms with E-state index >= 15 is 0 Å². The van der Waals surface area contributed by atoms with Crippen LogP contribution < -0.4 is 0 Å². The lowest BCUT2D eigenvalue weighted by molar-refractivity contribution is 0.272. The van der Waals surface area contributed by atoms with Gasteiger partial charge in [-0.05, 0) is 24.3 Å². The minimum absolute atomic E-state index is 0.449. The number of hydrogen-bond donors (Lipinski definition) is 2. The Balaban J connectivity index is 1.76. The molecule has 0 spiro atoms. The van der Waals surface area contributed by atoms with Crippen LogP contribution in [0.4, 0.5) is 5.82 Å². The van der Waals surface area contributed by atoms with Crippen LogP contribution in [0.25, 0.3) is 0 Å². The van der Waals surface area contributed by atoms with E-state index in [2.05, 4.69) is 13.9 Å². The van der Waals surface area contributed by atoms with Crippen molar-refractivity contribution in [3.8, 4) is 0 Å². The number of aromatic nitrogens is 2. The van der Waals surface area contributed by atoms with Crippen molar-refractivity contribution in [2.24, 2.45) is 10.9 Å². The fraction of sp³-hybridized carbons (Fsp3) is 0.333. The molecule has 0 saturated heterocycles. The van der Waals surface area contributed by atoms with E-state index in [0.717, 1.165) is 10.7 Å². The van der Waals surface area contributed by atoms with Crippen LogP contribution in [0.15, 0.2) is 35.0 Å². The zero-order chi connectivity index (χ0) is 12.1. The number of thiophene rings is 1. The molecule has 2 unspecified atom stereocenters. The SMILES string of the molecule is OC(c1cccs1)[SH]1C(C2CC2)=Nc2cncn21. The van der Waals surface area contributed by atoms with Crippen molar-refractivity contribution in [3.05, 3.63) is 34.9 Å². The third-order valence-electron chi connectivity index (χ3n) is 3.27. The first-order valence-corrected chi connectivity index (χ1v) is 8.21. The van der Waals surface area contributed by atoms with Crippen molar-refractivity contribution >= 4 is 33.3 Å². The van der Waals surface area contributed by atoms with Gasteiger partial charge in [-0.3, -0.25) is 3.97 Å². The summed E-state index contributed by atoms with van der Waals surface area (Å²) in [6.07, 6.45) is 6.02. The molecule has 1 N–H and O–H groups in total. The number of imidazole rings is 1. The van der Waals surface area contributed by atoms with Gasteiger partial charge in [-0.1, -0.05) is 17.1 Å². The molecule has 1 aliphatic carbocycles. The summed E-state index contributed by atoms with van der Waals surface area (Å²) in [6, 6.07) is 3.98. The minimum atomic E-state index is -0.806. The molecule has 2 aliphatic rings. The minimum Gasteiger partial charge on any atom is -0.377 e. The van der Waals surface area contributed by atoms with Crippen molar-refractivity contribution in [1.82, 2.24) is 8.96 Å². The molecule has 4 nitrogen and oxygen atoms in total. The molecule has 4 rings (SSSR count). The summed E-state index contributed by atoms with van der Waals surface area (Å²) in [5.74, 6) is 1.49. The normalized spacial score (nSPS) is 25.8. The number of nitrogens with zero attached hydrogens (tertiary/aromatic N) is 3. The maximum atomic E-state index is 10.6. The van der Waals surface area contributed by atoms with Gasteiger partial charge in [0.05, 0.1) is 11.2 Å². The van der Waals surface area contributed by atoms with Gasteiger partial charge in [0.15, 0.2) is 5.82 Å². The average molecular weight is 279 g/mol. The van der Waals surface area contributed by atoms with Crippen LogP contribution in [-0.2, 0) is 0 Å². The van der Waals surface area contributed by atoms with E-state index in [1.165, 1.54) is 17.9 Å². The number of thiol groups is 1. The highest BCUT2D eigenvalue weighted by atomic mass is 32.2. The number of hydrogen-bond acceptors (Lipinski definition) is 4. The number of rotatable bonds is 3. The molecule has 2 atom stereocenters. The predicted molar refractivity (Wildman–Crippen MR) is 75.7 cm³/mol. The van der Waals surface area contributed by atoms with Crippen molar-refractivity contribution in [2.45, 2.75) is 18.3 Å². The van der Waals surface area contributed by atoms with E-state index < -0.39 is 16.5 Å². The maximum Gasteiger partial charge on any atom is 0.162 e. The summed E-state index contributed by atoms with van der Waals surface area (Å²) in [5.41, 5.74) is -0.449. The topological polar surface area (TPSA) is 50.4 Å². The zero-order valence-electron chi connectivity index (χ0n) is 9.60. The largest absolute Gasteiger partial charge is 0.377 e. The quantitative estimate of drug-likeness (QED) is 0.849.